The van der Waals surface area contributed by atoms with Crippen LogP contribution in [0.4, 0.5) is 19.0 Å². The van der Waals surface area contributed by atoms with Crippen LogP contribution in [0, 0.1) is 13.8 Å². The SMILES string of the molecule is CCNC(=NCCCn1nc(C)cc1C)NCCCNc1ccc(C(F)(F)F)cn1.I. The van der Waals surface area contributed by atoms with Crippen molar-refractivity contribution in [2.24, 2.45) is 4.99 Å². The van der Waals surface area contributed by atoms with Crippen molar-refractivity contribution in [3.8, 4) is 0 Å². The van der Waals surface area contributed by atoms with Crippen LogP contribution in [-0.2, 0) is 12.7 Å². The summed E-state index contributed by atoms with van der Waals surface area (Å²) in [7, 11) is 0. The molecule has 0 atom stereocenters. The third-order valence-electron chi connectivity index (χ3n) is 4.29. The predicted octanol–water partition coefficient (Wildman–Crippen LogP) is 3.98. The Kier molecular flexibility index (Phi) is 11.6. The molecule has 0 amide bonds. The third kappa shape index (κ3) is 9.74. The molecule has 0 saturated heterocycles. The summed E-state index contributed by atoms with van der Waals surface area (Å²) in [4.78, 5) is 8.36. The van der Waals surface area contributed by atoms with Gasteiger partial charge in [0, 0.05) is 44.6 Å². The second-order valence-corrected chi connectivity index (χ2v) is 6.90. The lowest BCUT2D eigenvalue weighted by Crippen LogP contribution is -2.38. The number of alkyl halides is 3. The topological polar surface area (TPSA) is 79.2 Å². The molecular weight excluding hydrogens is 522 g/mol. The summed E-state index contributed by atoms with van der Waals surface area (Å²) in [5, 5.41) is 13.9. The summed E-state index contributed by atoms with van der Waals surface area (Å²) in [6.45, 7) is 9.57. The van der Waals surface area contributed by atoms with E-state index in [0.29, 0.717) is 25.5 Å². The number of aromatic nitrogens is 3. The fraction of sp³-hybridized carbons (Fsp3) is 0.550. The van der Waals surface area contributed by atoms with Crippen LogP contribution in [-0.4, -0.2) is 46.9 Å². The zero-order valence-corrected chi connectivity index (χ0v) is 20.4. The van der Waals surface area contributed by atoms with E-state index in [1.165, 1.54) is 6.07 Å². The number of nitrogens with zero attached hydrogens (tertiary/aromatic N) is 4. The molecule has 7 nitrogen and oxygen atoms in total. The standard InChI is InChI=1S/C20H30F3N7.HI/c1-4-24-19(27-11-6-12-30-16(3)13-15(2)29-30)26-10-5-9-25-18-8-7-17(14-28-18)20(21,22)23;/h7-8,13-14H,4-6,9-12H2,1-3H3,(H,25,28)(H2,24,26,27);1H. The molecule has 3 N–H and O–H groups in total. The fourth-order valence-electron chi connectivity index (χ4n) is 2.83. The number of guanidine groups is 1. The van der Waals surface area contributed by atoms with E-state index in [4.69, 9.17) is 0 Å². The summed E-state index contributed by atoms with van der Waals surface area (Å²) in [6.07, 6.45) is -1.88. The van der Waals surface area contributed by atoms with Gasteiger partial charge in [-0.15, -0.1) is 24.0 Å². The molecule has 0 aliphatic carbocycles. The first-order chi connectivity index (χ1) is 14.3. The molecule has 2 heterocycles. The molecule has 0 radical (unpaired) electrons. The molecule has 0 saturated carbocycles. The third-order valence-corrected chi connectivity index (χ3v) is 4.29. The molecule has 2 rings (SSSR count). The molecule has 31 heavy (non-hydrogen) atoms. The number of hydrogen-bond donors (Lipinski definition) is 3. The Hall–Kier alpha value is -2.05. The van der Waals surface area contributed by atoms with E-state index in [1.54, 1.807) is 0 Å². The molecule has 11 heteroatoms. The van der Waals surface area contributed by atoms with Crippen LogP contribution in [0.5, 0.6) is 0 Å². The molecule has 0 aliphatic heterocycles. The number of aryl methyl sites for hydroxylation is 3. The van der Waals surface area contributed by atoms with Crippen LogP contribution in [0.25, 0.3) is 0 Å². The minimum atomic E-state index is -4.37. The molecule has 0 aromatic carbocycles. The number of pyridine rings is 1. The minimum Gasteiger partial charge on any atom is -0.370 e. The number of anilines is 1. The summed E-state index contributed by atoms with van der Waals surface area (Å²) in [6, 6.07) is 4.42. The van der Waals surface area contributed by atoms with Gasteiger partial charge in [0.1, 0.15) is 5.82 Å². The van der Waals surface area contributed by atoms with Gasteiger partial charge in [-0.1, -0.05) is 0 Å². The predicted molar refractivity (Wildman–Crippen MR) is 128 cm³/mol. The van der Waals surface area contributed by atoms with Gasteiger partial charge in [-0.05, 0) is 51.8 Å². The van der Waals surface area contributed by atoms with Gasteiger partial charge in [0.25, 0.3) is 0 Å². The highest BCUT2D eigenvalue weighted by atomic mass is 127. The van der Waals surface area contributed by atoms with Gasteiger partial charge in [0.05, 0.1) is 11.3 Å². The van der Waals surface area contributed by atoms with E-state index >= 15 is 0 Å². The van der Waals surface area contributed by atoms with Gasteiger partial charge >= 0.3 is 6.18 Å². The van der Waals surface area contributed by atoms with Crippen LogP contribution < -0.4 is 16.0 Å². The quantitative estimate of drug-likeness (QED) is 0.180. The zero-order valence-electron chi connectivity index (χ0n) is 18.1. The molecule has 0 unspecified atom stereocenters. The first kappa shape index (κ1) is 27.0. The highest BCUT2D eigenvalue weighted by Gasteiger charge is 2.30. The fourth-order valence-corrected chi connectivity index (χ4v) is 2.83. The maximum Gasteiger partial charge on any atom is 0.417 e. The summed E-state index contributed by atoms with van der Waals surface area (Å²) < 4.78 is 39.6. The summed E-state index contributed by atoms with van der Waals surface area (Å²) in [5.41, 5.74) is 1.42. The minimum absolute atomic E-state index is 0. The maximum absolute atomic E-state index is 12.5. The van der Waals surface area contributed by atoms with Crippen LogP contribution in [0.3, 0.4) is 0 Å². The van der Waals surface area contributed by atoms with Gasteiger partial charge in [-0.3, -0.25) is 9.67 Å². The van der Waals surface area contributed by atoms with E-state index in [9.17, 15) is 13.2 Å². The second kappa shape index (κ2) is 13.4. The average Bonchev–Trinajstić information content (AvgIpc) is 3.01. The van der Waals surface area contributed by atoms with Crippen LogP contribution in [0.1, 0.15) is 36.7 Å². The van der Waals surface area contributed by atoms with Crippen LogP contribution >= 0.6 is 24.0 Å². The molecule has 0 fully saturated rings. The first-order valence-corrected chi connectivity index (χ1v) is 10.1. The number of halogens is 4. The summed E-state index contributed by atoms with van der Waals surface area (Å²) in [5.74, 6) is 1.17. The summed E-state index contributed by atoms with van der Waals surface area (Å²) >= 11 is 0. The van der Waals surface area contributed by atoms with E-state index in [2.05, 4.69) is 37.1 Å². The molecule has 0 spiro atoms. The Morgan fingerprint density at radius 1 is 1.13 bits per heavy atom. The van der Waals surface area contributed by atoms with Crippen molar-refractivity contribution in [2.45, 2.75) is 46.3 Å². The monoisotopic (exact) mass is 553 g/mol. The lowest BCUT2D eigenvalue weighted by molar-refractivity contribution is -0.137. The van der Waals surface area contributed by atoms with Crippen LogP contribution in [0.2, 0.25) is 0 Å². The molecule has 2 aromatic rings. The molecule has 0 aliphatic rings. The number of aliphatic imine (C=N–C) groups is 1. The number of hydrogen-bond acceptors (Lipinski definition) is 4. The largest absolute Gasteiger partial charge is 0.417 e. The molecule has 174 valence electrons. The van der Waals surface area contributed by atoms with Gasteiger partial charge in [0.2, 0.25) is 0 Å². The average molecular weight is 553 g/mol. The Labute approximate surface area is 198 Å². The zero-order chi connectivity index (χ0) is 22.0. The van der Waals surface area contributed by atoms with E-state index in [-0.39, 0.29) is 24.0 Å². The molecular formula is C20H31F3IN7. The Morgan fingerprint density at radius 3 is 2.48 bits per heavy atom. The Balaban J connectivity index is 0.00000480. The normalized spacial score (nSPS) is 11.7. The Bertz CT molecular complexity index is 804. The Morgan fingerprint density at radius 2 is 1.90 bits per heavy atom. The van der Waals surface area contributed by atoms with E-state index in [1.807, 2.05) is 25.5 Å². The lowest BCUT2D eigenvalue weighted by Gasteiger charge is -2.12. The van der Waals surface area contributed by atoms with Gasteiger partial charge in [-0.2, -0.15) is 18.3 Å². The van der Waals surface area contributed by atoms with Crippen molar-refractivity contribution in [1.29, 1.82) is 0 Å². The second-order valence-electron chi connectivity index (χ2n) is 6.90. The van der Waals surface area contributed by atoms with Crippen LogP contribution in [0.15, 0.2) is 29.4 Å². The maximum atomic E-state index is 12.5. The first-order valence-electron chi connectivity index (χ1n) is 10.1. The van der Waals surface area contributed by atoms with Crippen molar-refractivity contribution in [1.82, 2.24) is 25.4 Å². The van der Waals surface area contributed by atoms with Crippen molar-refractivity contribution in [3.05, 3.63) is 41.3 Å². The number of rotatable bonds is 10. The molecule has 0 bridgehead atoms. The van der Waals surface area contributed by atoms with Crippen molar-refractivity contribution >= 4 is 35.8 Å². The smallest absolute Gasteiger partial charge is 0.370 e. The van der Waals surface area contributed by atoms with Gasteiger partial charge in [-0.25, -0.2) is 4.98 Å². The lowest BCUT2D eigenvalue weighted by atomic mass is 10.3. The number of nitrogens with one attached hydrogen (secondary N) is 3. The van der Waals surface area contributed by atoms with Crippen molar-refractivity contribution in [3.63, 3.8) is 0 Å². The molecule has 2 aromatic heterocycles. The van der Waals surface area contributed by atoms with E-state index in [0.717, 1.165) is 55.5 Å². The van der Waals surface area contributed by atoms with Gasteiger partial charge < -0.3 is 16.0 Å². The van der Waals surface area contributed by atoms with Gasteiger partial charge in [0.15, 0.2) is 5.96 Å². The highest BCUT2D eigenvalue weighted by Crippen LogP contribution is 2.28. The van der Waals surface area contributed by atoms with Crippen molar-refractivity contribution in [2.75, 3.05) is 31.5 Å². The van der Waals surface area contributed by atoms with E-state index < -0.39 is 11.7 Å². The highest BCUT2D eigenvalue weighted by molar-refractivity contribution is 14.0. The van der Waals surface area contributed by atoms with Crippen molar-refractivity contribution < 1.29 is 13.2 Å².